The highest BCUT2D eigenvalue weighted by Gasteiger charge is 2.23. The van der Waals surface area contributed by atoms with Crippen molar-refractivity contribution in [2.45, 2.75) is 65.6 Å². The molecule has 0 atom stereocenters. The molecule has 2 amide bonds. The summed E-state index contributed by atoms with van der Waals surface area (Å²) in [6, 6.07) is 21.5. The van der Waals surface area contributed by atoms with Gasteiger partial charge in [-0.15, -0.1) is 11.3 Å². The Morgan fingerprint density at radius 1 is 0.733 bits per heavy atom. The van der Waals surface area contributed by atoms with Crippen molar-refractivity contribution in [1.82, 2.24) is 15.0 Å². The Hall–Kier alpha value is -5.19. The number of nitrogen functional groups attached to an aromatic ring is 1. The lowest BCUT2D eigenvalue weighted by atomic mass is 9.79. The van der Waals surface area contributed by atoms with Crippen LogP contribution >= 0.6 is 106 Å². The van der Waals surface area contributed by atoms with Gasteiger partial charge in [0.25, 0.3) is 5.91 Å². The molecule has 0 unspecified atom stereocenters. The van der Waals surface area contributed by atoms with Gasteiger partial charge in [-0.1, -0.05) is 75.1 Å². The Morgan fingerprint density at radius 2 is 1.27 bits per heavy atom. The maximum atomic E-state index is 13.7. The standard InChI is InChI=1S/C13H15BFNO4S.C12H12BrFN2O2S.C8H7BrFNS.C8H5NOS.C7H4BrFN2S/c1-13(2,3)20-10(17)6-9-16-11-7(14(18)19)4-5-8(15)12(11)21-9;1-12(2,3)18-11(17)16-10-15-8-6(13)4-5-7(14)9(8)19-10;9-7-2-1-6(10)3-5(7)4-8(11)12;10-8(9-6-11)7-4-2-1-3-5-7;8-3-1-2-4(9)6-5(3)11-7(10)12-6/h4-5,18-19H,6H2,1-3H3;4-5H,1-3H3,(H,15,16,17);1-3H,4H2,(H2,11,12);1-5H;1-2H,(H2,10,11). The van der Waals surface area contributed by atoms with E-state index in [2.05, 4.69) is 85.3 Å². The zero-order chi connectivity index (χ0) is 55.9. The van der Waals surface area contributed by atoms with Crippen LogP contribution in [0.5, 0.6) is 0 Å². The van der Waals surface area contributed by atoms with E-state index >= 15 is 0 Å². The van der Waals surface area contributed by atoms with Gasteiger partial charge in [-0.2, -0.15) is 4.99 Å². The van der Waals surface area contributed by atoms with E-state index in [1.165, 1.54) is 30.3 Å². The molecule has 0 radical (unpaired) electrons. The number of isothiocyanates is 1. The zero-order valence-corrected chi connectivity index (χ0v) is 49.0. The number of aromatic nitrogens is 3. The number of carbonyl (C=O) groups is 3. The molecule has 5 aromatic carbocycles. The Morgan fingerprint density at radius 3 is 1.79 bits per heavy atom. The molecule has 0 saturated heterocycles. The fraction of sp³-hybridized carbons (Fsp3) is 0.208. The predicted octanol–water partition coefficient (Wildman–Crippen LogP) is 12.7. The van der Waals surface area contributed by atoms with Gasteiger partial charge in [-0.3, -0.25) is 14.9 Å². The lowest BCUT2D eigenvalue weighted by molar-refractivity contribution is -0.153. The van der Waals surface area contributed by atoms with Crippen molar-refractivity contribution in [3.8, 4) is 0 Å². The molecule has 0 spiro atoms. The van der Waals surface area contributed by atoms with Crippen LogP contribution in [0.2, 0.25) is 0 Å². The number of rotatable bonds is 7. The summed E-state index contributed by atoms with van der Waals surface area (Å²) in [5.41, 5.74) is 12.2. The number of amides is 2. The quantitative estimate of drug-likeness (QED) is 0.0329. The number of thiazole rings is 3. The number of nitrogens with zero attached hydrogens (tertiary/aromatic N) is 4. The van der Waals surface area contributed by atoms with Gasteiger partial charge in [0.1, 0.15) is 50.5 Å². The van der Waals surface area contributed by atoms with E-state index < -0.39 is 36.2 Å². The maximum Gasteiger partial charge on any atom is 0.490 e. The van der Waals surface area contributed by atoms with Gasteiger partial charge in [0.2, 0.25) is 0 Å². The highest BCUT2D eigenvalue weighted by atomic mass is 79.9. The first-order chi connectivity index (χ1) is 35.0. The van der Waals surface area contributed by atoms with Crippen LogP contribution in [0.3, 0.4) is 0 Å². The lowest BCUT2D eigenvalue weighted by Gasteiger charge is -2.18. The Kier molecular flexibility index (Phi) is 23.5. The van der Waals surface area contributed by atoms with Crippen molar-refractivity contribution in [3.05, 3.63) is 138 Å². The predicted molar refractivity (Wildman–Crippen MR) is 308 cm³/mol. The van der Waals surface area contributed by atoms with Crippen molar-refractivity contribution >= 4 is 188 Å². The minimum Gasteiger partial charge on any atom is -0.460 e. The molecule has 8 aromatic rings. The molecule has 8 rings (SSSR count). The second-order valence-corrected chi connectivity index (χ2v) is 23.3. The largest absolute Gasteiger partial charge is 0.490 e. The van der Waals surface area contributed by atoms with Crippen LogP contribution < -0.4 is 22.2 Å². The second-order valence-electron chi connectivity index (χ2n) is 16.9. The van der Waals surface area contributed by atoms with E-state index in [4.69, 9.17) is 33.2 Å². The first-order valence-corrected chi connectivity index (χ1v) is 27.0. The molecule has 0 aliphatic heterocycles. The minimum absolute atomic E-state index is 0.0863. The number of halogens is 7. The van der Waals surface area contributed by atoms with E-state index in [1.807, 2.05) is 11.2 Å². The number of benzene rings is 5. The average molecular weight is 1320 g/mol. The SMILES string of the molecule is CC(C)(C)OC(=O)Cc1nc2c(B(O)O)ccc(F)c2s1.CC(C)(C)OC(=O)Nc1nc2c(Br)ccc(F)c2s1.NC(=S)Cc1cc(F)ccc1Br.Nc1nc2c(Br)ccc(F)c2s1.O=C(N=C=S)c1ccccc1. The number of hydrogen-bond acceptors (Lipinski definition) is 16. The molecule has 394 valence electrons. The van der Waals surface area contributed by atoms with Crippen LogP contribution in [0.1, 0.15) is 62.5 Å². The van der Waals surface area contributed by atoms with E-state index in [0.29, 0.717) is 57.1 Å². The van der Waals surface area contributed by atoms with Crippen LogP contribution in [0.25, 0.3) is 30.6 Å². The molecule has 3 aromatic heterocycles. The summed E-state index contributed by atoms with van der Waals surface area (Å²) in [5.74, 6) is -2.24. The van der Waals surface area contributed by atoms with Crippen LogP contribution in [0.15, 0.2) is 103 Å². The first kappa shape index (κ1) is 62.4. The number of nitrogens with two attached hydrogens (primary N) is 2. The number of thiocarbonyl (C=S) groups is 2. The van der Waals surface area contributed by atoms with Gasteiger partial charge >= 0.3 is 19.2 Å². The summed E-state index contributed by atoms with van der Waals surface area (Å²) in [6.07, 6.45) is -0.270. The number of hydrogen-bond donors (Lipinski definition) is 5. The summed E-state index contributed by atoms with van der Waals surface area (Å²) in [4.78, 5) is 50.3. The Balaban J connectivity index is 0.000000208. The van der Waals surface area contributed by atoms with Crippen LogP contribution in [-0.4, -0.2) is 71.4 Å². The van der Waals surface area contributed by atoms with Gasteiger partial charge in [0.15, 0.2) is 10.3 Å². The minimum atomic E-state index is -1.75. The number of anilines is 2. The number of carbonyl (C=O) groups excluding carboxylic acids is 3. The zero-order valence-electron chi connectivity index (χ0n) is 40.1. The molecule has 0 aliphatic carbocycles. The summed E-state index contributed by atoms with van der Waals surface area (Å²) < 4.78 is 66.8. The fourth-order valence-corrected chi connectivity index (χ4v) is 10.1. The molecule has 3 heterocycles. The molecule has 75 heavy (non-hydrogen) atoms. The van der Waals surface area contributed by atoms with E-state index in [0.717, 1.165) is 54.6 Å². The monoisotopic (exact) mass is 1310 g/mol. The first-order valence-electron chi connectivity index (χ1n) is 21.4. The molecule has 0 aliphatic rings. The van der Waals surface area contributed by atoms with Gasteiger partial charge in [0.05, 0.1) is 36.2 Å². The van der Waals surface area contributed by atoms with Gasteiger partial charge in [-0.05, 0) is 152 Å². The fourth-order valence-electron chi connectivity index (χ4n) is 5.73. The van der Waals surface area contributed by atoms with Crippen molar-refractivity contribution in [1.29, 1.82) is 0 Å². The molecular weight excluding hydrogens is 1270 g/mol. The molecule has 14 nitrogen and oxygen atoms in total. The molecule has 0 bridgehead atoms. The number of fused-ring (bicyclic) bond motifs is 3. The molecular formula is C48H43BBr3F4N7O7S5. The third-order valence-electron chi connectivity index (χ3n) is 8.62. The maximum absolute atomic E-state index is 13.7. The van der Waals surface area contributed by atoms with E-state index in [9.17, 15) is 42.0 Å². The summed E-state index contributed by atoms with van der Waals surface area (Å²) in [6.45, 7) is 10.6. The summed E-state index contributed by atoms with van der Waals surface area (Å²) >= 11 is 22.1. The van der Waals surface area contributed by atoms with Crippen molar-refractivity contribution in [2.24, 2.45) is 10.7 Å². The summed E-state index contributed by atoms with van der Waals surface area (Å²) in [7, 11) is -1.75. The molecule has 0 fully saturated rings. The average Bonchev–Trinajstić information content (AvgIpc) is 4.05. The Bertz CT molecular complexity index is 3310. The van der Waals surface area contributed by atoms with Crippen molar-refractivity contribution in [2.75, 3.05) is 11.1 Å². The molecule has 0 saturated carbocycles. The van der Waals surface area contributed by atoms with E-state index in [1.54, 1.807) is 84.0 Å². The highest BCUT2D eigenvalue weighted by Crippen LogP contribution is 2.34. The second kappa shape index (κ2) is 28.3. The number of ether oxygens (including phenoxy) is 2. The topological polar surface area (TPSA) is 225 Å². The van der Waals surface area contributed by atoms with Crippen LogP contribution in [0, 0.1) is 23.3 Å². The van der Waals surface area contributed by atoms with E-state index in [-0.39, 0.29) is 45.5 Å². The Labute approximate surface area is 475 Å². The molecule has 27 heteroatoms. The number of aliphatic imine (C=N–C) groups is 1. The summed E-state index contributed by atoms with van der Waals surface area (Å²) in [5, 5.41) is 24.1. The molecule has 7 N–H and O–H groups in total. The normalized spacial score (nSPS) is 10.8. The lowest BCUT2D eigenvalue weighted by Crippen LogP contribution is -2.30. The number of nitrogens with one attached hydrogen (secondary N) is 1. The number of esters is 1. The van der Waals surface area contributed by atoms with Gasteiger partial charge < -0.3 is 31.0 Å². The third-order valence-corrected chi connectivity index (χ3v) is 13.8. The third kappa shape index (κ3) is 20.0. The van der Waals surface area contributed by atoms with Crippen LogP contribution in [-0.2, 0) is 27.1 Å². The van der Waals surface area contributed by atoms with Crippen molar-refractivity contribution < 1.29 is 51.5 Å². The van der Waals surface area contributed by atoms with Gasteiger partial charge in [0, 0.05) is 30.9 Å². The smallest absolute Gasteiger partial charge is 0.460 e. The van der Waals surface area contributed by atoms with Gasteiger partial charge in [-0.25, -0.2) is 37.3 Å². The highest BCUT2D eigenvalue weighted by molar-refractivity contribution is 9.11. The van der Waals surface area contributed by atoms with Crippen molar-refractivity contribution in [3.63, 3.8) is 0 Å². The van der Waals surface area contributed by atoms with Crippen LogP contribution in [0.4, 0.5) is 32.6 Å².